The molecule has 0 atom stereocenters. The summed E-state index contributed by atoms with van der Waals surface area (Å²) in [6, 6.07) is 0.389. The Kier molecular flexibility index (Phi) is 4.73. The Bertz CT molecular complexity index is 169. The molecule has 3 nitrogen and oxygen atoms in total. The number of rotatable bonds is 3. The predicted molar refractivity (Wildman–Crippen MR) is 55.0 cm³/mol. The first-order chi connectivity index (χ1) is 6.25. The lowest BCUT2D eigenvalue weighted by Crippen LogP contribution is -2.40. The van der Waals surface area contributed by atoms with Crippen molar-refractivity contribution in [2.75, 3.05) is 25.6 Å². The second kappa shape index (κ2) is 5.60. The number of hydrogen-bond donors (Lipinski definition) is 0. The number of amides is 1. The second-order valence-corrected chi connectivity index (χ2v) is 4.08. The Hall–Kier alpha value is -0.0900. The highest BCUT2D eigenvalue weighted by Crippen LogP contribution is 2.13. The predicted octanol–water partition coefficient (Wildman–Crippen LogP) is 1.41. The SMILES string of the molecule is CN(C(=O)CCBr)C1CCOCC1. The molecule has 0 spiro atoms. The van der Waals surface area contributed by atoms with Crippen molar-refractivity contribution in [1.29, 1.82) is 0 Å². The van der Waals surface area contributed by atoms with Crippen molar-refractivity contribution in [3.05, 3.63) is 0 Å². The van der Waals surface area contributed by atoms with Gasteiger partial charge in [-0.25, -0.2) is 0 Å². The van der Waals surface area contributed by atoms with E-state index < -0.39 is 0 Å². The fourth-order valence-corrected chi connectivity index (χ4v) is 1.87. The molecule has 0 aromatic carbocycles. The number of hydrogen-bond acceptors (Lipinski definition) is 2. The van der Waals surface area contributed by atoms with Crippen LogP contribution in [-0.2, 0) is 9.53 Å². The Morgan fingerprint density at radius 2 is 2.15 bits per heavy atom. The molecule has 1 fully saturated rings. The van der Waals surface area contributed by atoms with Crippen molar-refractivity contribution in [3.8, 4) is 0 Å². The summed E-state index contributed by atoms with van der Waals surface area (Å²) in [4.78, 5) is 13.4. The van der Waals surface area contributed by atoms with Gasteiger partial charge < -0.3 is 9.64 Å². The first kappa shape index (κ1) is 11.0. The van der Waals surface area contributed by atoms with E-state index >= 15 is 0 Å². The molecule has 1 aliphatic rings. The average Bonchev–Trinajstić information content (AvgIpc) is 2.18. The molecule has 0 radical (unpaired) electrons. The van der Waals surface area contributed by atoms with Gasteiger partial charge in [0.15, 0.2) is 0 Å². The summed E-state index contributed by atoms with van der Waals surface area (Å²) in [6.07, 6.45) is 2.54. The maximum Gasteiger partial charge on any atom is 0.223 e. The maximum absolute atomic E-state index is 11.5. The number of carbonyl (C=O) groups is 1. The van der Waals surface area contributed by atoms with E-state index in [2.05, 4.69) is 15.9 Å². The Labute approximate surface area is 87.6 Å². The van der Waals surface area contributed by atoms with Crippen LogP contribution >= 0.6 is 15.9 Å². The fourth-order valence-electron chi connectivity index (χ4n) is 1.53. The van der Waals surface area contributed by atoms with Crippen LogP contribution in [0.2, 0.25) is 0 Å². The zero-order valence-corrected chi connectivity index (χ0v) is 9.55. The number of carbonyl (C=O) groups excluding carboxylic acids is 1. The minimum absolute atomic E-state index is 0.226. The van der Waals surface area contributed by atoms with Gasteiger partial charge in [-0.15, -0.1) is 0 Å². The Morgan fingerprint density at radius 1 is 1.54 bits per heavy atom. The molecule has 4 heteroatoms. The summed E-state index contributed by atoms with van der Waals surface area (Å²) in [5.41, 5.74) is 0. The van der Waals surface area contributed by atoms with Gasteiger partial charge in [-0.05, 0) is 12.8 Å². The molecule has 1 heterocycles. The van der Waals surface area contributed by atoms with Crippen molar-refractivity contribution in [1.82, 2.24) is 4.90 Å². The van der Waals surface area contributed by atoms with Gasteiger partial charge in [0.25, 0.3) is 0 Å². The molecular weight excluding hydrogens is 234 g/mol. The quantitative estimate of drug-likeness (QED) is 0.709. The molecule has 1 aliphatic heterocycles. The smallest absolute Gasteiger partial charge is 0.223 e. The highest BCUT2D eigenvalue weighted by atomic mass is 79.9. The van der Waals surface area contributed by atoms with Crippen molar-refractivity contribution in [3.63, 3.8) is 0 Å². The lowest BCUT2D eigenvalue weighted by Gasteiger charge is -2.31. The topological polar surface area (TPSA) is 29.5 Å². The largest absolute Gasteiger partial charge is 0.381 e. The van der Waals surface area contributed by atoms with Crippen molar-refractivity contribution in [2.24, 2.45) is 0 Å². The average molecular weight is 250 g/mol. The molecule has 0 bridgehead atoms. The minimum atomic E-state index is 0.226. The van der Waals surface area contributed by atoms with Crippen LogP contribution < -0.4 is 0 Å². The molecule has 0 N–H and O–H groups in total. The molecule has 1 amide bonds. The number of nitrogens with zero attached hydrogens (tertiary/aromatic N) is 1. The van der Waals surface area contributed by atoms with Crippen molar-refractivity contribution in [2.45, 2.75) is 25.3 Å². The summed E-state index contributed by atoms with van der Waals surface area (Å²) in [5, 5.41) is 0.749. The number of halogens is 1. The van der Waals surface area contributed by atoms with Crippen LogP contribution in [0.25, 0.3) is 0 Å². The van der Waals surface area contributed by atoms with Crippen LogP contribution in [0.3, 0.4) is 0 Å². The molecule has 0 saturated carbocycles. The Balaban J connectivity index is 2.35. The van der Waals surface area contributed by atoms with Crippen LogP contribution in [0, 0.1) is 0 Å². The van der Waals surface area contributed by atoms with Gasteiger partial charge in [0, 0.05) is 38.1 Å². The van der Waals surface area contributed by atoms with Gasteiger partial charge in [-0.1, -0.05) is 15.9 Å². The van der Waals surface area contributed by atoms with E-state index in [1.165, 1.54) is 0 Å². The normalized spacial score (nSPS) is 18.6. The third-order valence-electron chi connectivity index (χ3n) is 2.44. The van der Waals surface area contributed by atoms with Gasteiger partial charge in [0.1, 0.15) is 0 Å². The number of alkyl halides is 1. The van der Waals surface area contributed by atoms with E-state index in [9.17, 15) is 4.79 Å². The molecule has 13 heavy (non-hydrogen) atoms. The third-order valence-corrected chi connectivity index (χ3v) is 2.84. The van der Waals surface area contributed by atoms with E-state index in [0.29, 0.717) is 12.5 Å². The molecule has 1 saturated heterocycles. The summed E-state index contributed by atoms with van der Waals surface area (Å²) < 4.78 is 5.24. The molecule has 0 unspecified atom stereocenters. The van der Waals surface area contributed by atoms with E-state index in [4.69, 9.17) is 4.74 Å². The molecular formula is C9H16BrNO2. The number of ether oxygens (including phenoxy) is 1. The van der Waals surface area contributed by atoms with Crippen LogP contribution in [-0.4, -0.2) is 42.4 Å². The first-order valence-electron chi connectivity index (χ1n) is 4.65. The zero-order chi connectivity index (χ0) is 9.68. The highest BCUT2D eigenvalue weighted by Gasteiger charge is 2.21. The standard InChI is InChI=1S/C9H16BrNO2/c1-11(9(12)2-5-10)8-3-6-13-7-4-8/h8H,2-7H2,1H3. The van der Waals surface area contributed by atoms with Crippen LogP contribution in [0.4, 0.5) is 0 Å². The maximum atomic E-state index is 11.5. The Morgan fingerprint density at radius 3 is 2.69 bits per heavy atom. The summed E-state index contributed by atoms with van der Waals surface area (Å²) in [6.45, 7) is 1.58. The van der Waals surface area contributed by atoms with Gasteiger partial charge in [0.2, 0.25) is 5.91 Å². The van der Waals surface area contributed by atoms with Crippen molar-refractivity contribution < 1.29 is 9.53 Å². The molecule has 1 rings (SSSR count). The van der Waals surface area contributed by atoms with E-state index in [-0.39, 0.29) is 5.91 Å². The van der Waals surface area contributed by atoms with Gasteiger partial charge >= 0.3 is 0 Å². The molecule has 76 valence electrons. The summed E-state index contributed by atoms with van der Waals surface area (Å²) in [5.74, 6) is 0.226. The van der Waals surface area contributed by atoms with Gasteiger partial charge in [-0.2, -0.15) is 0 Å². The van der Waals surface area contributed by atoms with Crippen LogP contribution in [0.15, 0.2) is 0 Å². The molecule has 0 aliphatic carbocycles. The third kappa shape index (κ3) is 3.27. The highest BCUT2D eigenvalue weighted by molar-refractivity contribution is 9.09. The molecule has 0 aromatic heterocycles. The summed E-state index contributed by atoms with van der Waals surface area (Å²) in [7, 11) is 1.89. The van der Waals surface area contributed by atoms with Gasteiger partial charge in [0.05, 0.1) is 0 Å². The molecule has 0 aromatic rings. The minimum Gasteiger partial charge on any atom is -0.381 e. The first-order valence-corrected chi connectivity index (χ1v) is 5.77. The van der Waals surface area contributed by atoms with E-state index in [1.54, 1.807) is 0 Å². The zero-order valence-electron chi connectivity index (χ0n) is 7.96. The van der Waals surface area contributed by atoms with Crippen molar-refractivity contribution >= 4 is 21.8 Å². The van der Waals surface area contributed by atoms with E-state index in [1.807, 2.05) is 11.9 Å². The lowest BCUT2D eigenvalue weighted by molar-refractivity contribution is -0.133. The van der Waals surface area contributed by atoms with Crippen LogP contribution in [0.1, 0.15) is 19.3 Å². The second-order valence-electron chi connectivity index (χ2n) is 3.29. The monoisotopic (exact) mass is 249 g/mol. The fraction of sp³-hybridized carbons (Fsp3) is 0.889. The van der Waals surface area contributed by atoms with Crippen LogP contribution in [0.5, 0.6) is 0 Å². The van der Waals surface area contributed by atoms with E-state index in [0.717, 1.165) is 31.4 Å². The summed E-state index contributed by atoms with van der Waals surface area (Å²) >= 11 is 3.27. The van der Waals surface area contributed by atoms with Gasteiger partial charge in [-0.3, -0.25) is 4.79 Å². The lowest BCUT2D eigenvalue weighted by atomic mass is 10.1.